The van der Waals surface area contributed by atoms with E-state index in [-0.39, 0.29) is 5.91 Å². The number of amides is 1. The zero-order chi connectivity index (χ0) is 18.0. The standard InChI is InChI=1S/C20H32N4O/c1-13(2)24(12-18-7-8-19(25)22-18)11-17-10-21-23-20(17)16-6-5-14(3)15(4)9-16/h5-6,9,13,17-18,20-21,23H,7-8,10-12H2,1-4H3,(H,22,25). The lowest BCUT2D eigenvalue weighted by Crippen LogP contribution is -2.45. The van der Waals surface area contributed by atoms with Crippen molar-refractivity contribution in [3.63, 3.8) is 0 Å². The highest BCUT2D eigenvalue weighted by Crippen LogP contribution is 2.28. The molecule has 25 heavy (non-hydrogen) atoms. The summed E-state index contributed by atoms with van der Waals surface area (Å²) in [7, 11) is 0. The van der Waals surface area contributed by atoms with Crippen LogP contribution in [0.2, 0.25) is 0 Å². The molecule has 0 saturated carbocycles. The summed E-state index contributed by atoms with van der Waals surface area (Å²) in [6, 6.07) is 7.88. The van der Waals surface area contributed by atoms with Crippen molar-refractivity contribution >= 4 is 5.91 Å². The quantitative estimate of drug-likeness (QED) is 0.739. The van der Waals surface area contributed by atoms with Gasteiger partial charge in [0, 0.05) is 44.1 Å². The number of hydrogen-bond acceptors (Lipinski definition) is 4. The maximum atomic E-state index is 11.5. The number of aryl methyl sites for hydroxylation is 2. The first-order chi connectivity index (χ1) is 11.9. The van der Waals surface area contributed by atoms with Crippen molar-refractivity contribution in [1.82, 2.24) is 21.1 Å². The van der Waals surface area contributed by atoms with Crippen molar-refractivity contribution < 1.29 is 4.79 Å². The molecule has 1 aromatic carbocycles. The molecule has 0 bridgehead atoms. The highest BCUT2D eigenvalue weighted by Gasteiger charge is 2.32. The Kier molecular flexibility index (Phi) is 5.77. The Labute approximate surface area is 151 Å². The lowest BCUT2D eigenvalue weighted by Gasteiger charge is -2.33. The van der Waals surface area contributed by atoms with Crippen molar-refractivity contribution in [1.29, 1.82) is 0 Å². The fourth-order valence-electron chi connectivity index (χ4n) is 3.91. The fraction of sp³-hybridized carbons (Fsp3) is 0.650. The first kappa shape index (κ1) is 18.4. The van der Waals surface area contributed by atoms with Gasteiger partial charge in [-0.1, -0.05) is 18.2 Å². The van der Waals surface area contributed by atoms with E-state index in [0.717, 1.165) is 26.1 Å². The zero-order valence-electron chi connectivity index (χ0n) is 15.9. The normalized spacial score (nSPS) is 26.6. The predicted octanol–water partition coefficient (Wildman–Crippen LogP) is 2.06. The minimum absolute atomic E-state index is 0.200. The van der Waals surface area contributed by atoms with E-state index in [1.165, 1.54) is 16.7 Å². The van der Waals surface area contributed by atoms with E-state index in [4.69, 9.17) is 0 Å². The van der Waals surface area contributed by atoms with E-state index in [1.807, 2.05) is 0 Å². The van der Waals surface area contributed by atoms with Gasteiger partial charge in [0.2, 0.25) is 5.91 Å². The number of hydrogen-bond donors (Lipinski definition) is 3. The van der Waals surface area contributed by atoms with E-state index < -0.39 is 0 Å². The first-order valence-corrected chi connectivity index (χ1v) is 9.53. The average molecular weight is 345 g/mol. The molecular formula is C20H32N4O. The van der Waals surface area contributed by atoms with Crippen LogP contribution in [0.1, 0.15) is 49.4 Å². The van der Waals surface area contributed by atoms with Crippen molar-refractivity contribution in [3.05, 3.63) is 34.9 Å². The van der Waals surface area contributed by atoms with Gasteiger partial charge >= 0.3 is 0 Å². The van der Waals surface area contributed by atoms with Gasteiger partial charge < -0.3 is 5.32 Å². The third kappa shape index (κ3) is 4.40. The van der Waals surface area contributed by atoms with Gasteiger partial charge in [-0.2, -0.15) is 0 Å². The molecule has 2 aliphatic rings. The van der Waals surface area contributed by atoms with Gasteiger partial charge in [0.05, 0.1) is 6.04 Å². The van der Waals surface area contributed by atoms with Gasteiger partial charge in [-0.25, -0.2) is 5.43 Å². The van der Waals surface area contributed by atoms with Crippen LogP contribution in [0.15, 0.2) is 18.2 Å². The van der Waals surface area contributed by atoms with Gasteiger partial charge in [-0.15, -0.1) is 0 Å². The van der Waals surface area contributed by atoms with Gasteiger partial charge in [-0.3, -0.25) is 15.1 Å². The van der Waals surface area contributed by atoms with Crippen molar-refractivity contribution in [3.8, 4) is 0 Å². The highest BCUT2D eigenvalue weighted by atomic mass is 16.1. The van der Waals surface area contributed by atoms with Crippen molar-refractivity contribution in [2.45, 2.75) is 58.7 Å². The molecule has 3 N–H and O–H groups in total. The summed E-state index contributed by atoms with van der Waals surface area (Å²) in [5.41, 5.74) is 10.9. The molecule has 3 unspecified atom stereocenters. The van der Waals surface area contributed by atoms with Crippen LogP contribution in [0.25, 0.3) is 0 Å². The number of nitrogens with zero attached hydrogens (tertiary/aromatic N) is 1. The van der Waals surface area contributed by atoms with E-state index in [1.54, 1.807) is 0 Å². The Morgan fingerprint density at radius 2 is 2.00 bits per heavy atom. The van der Waals surface area contributed by atoms with Crippen LogP contribution in [0.5, 0.6) is 0 Å². The molecular weight excluding hydrogens is 312 g/mol. The molecule has 0 aliphatic carbocycles. The molecule has 0 radical (unpaired) electrons. The molecule has 2 fully saturated rings. The molecule has 0 spiro atoms. The van der Waals surface area contributed by atoms with Gasteiger partial charge in [0.25, 0.3) is 0 Å². The molecule has 5 heteroatoms. The topological polar surface area (TPSA) is 56.4 Å². The van der Waals surface area contributed by atoms with Crippen LogP contribution in [-0.4, -0.2) is 42.5 Å². The predicted molar refractivity (Wildman–Crippen MR) is 101 cm³/mol. The molecule has 2 heterocycles. The Hall–Kier alpha value is -1.43. The van der Waals surface area contributed by atoms with Crippen LogP contribution >= 0.6 is 0 Å². The molecule has 2 saturated heterocycles. The van der Waals surface area contributed by atoms with Gasteiger partial charge in [0.1, 0.15) is 0 Å². The number of benzene rings is 1. The van der Waals surface area contributed by atoms with E-state index in [9.17, 15) is 4.79 Å². The SMILES string of the molecule is Cc1ccc(C2NNCC2CN(CC2CCC(=O)N2)C(C)C)cc1C. The molecule has 5 nitrogen and oxygen atoms in total. The number of nitrogens with one attached hydrogen (secondary N) is 3. The fourth-order valence-corrected chi connectivity index (χ4v) is 3.91. The molecule has 0 aromatic heterocycles. The van der Waals surface area contributed by atoms with Gasteiger partial charge in [-0.05, 0) is 50.8 Å². The number of rotatable bonds is 6. The lowest BCUT2D eigenvalue weighted by atomic mass is 9.92. The second kappa shape index (κ2) is 7.85. The average Bonchev–Trinajstić information content (AvgIpc) is 3.18. The molecule has 1 amide bonds. The lowest BCUT2D eigenvalue weighted by molar-refractivity contribution is -0.119. The molecule has 138 valence electrons. The maximum Gasteiger partial charge on any atom is 0.220 e. The van der Waals surface area contributed by atoms with Crippen LogP contribution in [0, 0.1) is 19.8 Å². The summed E-state index contributed by atoms with van der Waals surface area (Å²) in [6.07, 6.45) is 1.64. The summed E-state index contributed by atoms with van der Waals surface area (Å²) < 4.78 is 0. The maximum absolute atomic E-state index is 11.5. The summed E-state index contributed by atoms with van der Waals surface area (Å²) >= 11 is 0. The van der Waals surface area contributed by atoms with Crippen LogP contribution in [0.3, 0.4) is 0 Å². The van der Waals surface area contributed by atoms with E-state index in [0.29, 0.717) is 30.5 Å². The Morgan fingerprint density at radius 1 is 1.20 bits per heavy atom. The first-order valence-electron chi connectivity index (χ1n) is 9.53. The van der Waals surface area contributed by atoms with E-state index in [2.05, 4.69) is 67.0 Å². The van der Waals surface area contributed by atoms with E-state index >= 15 is 0 Å². The third-order valence-corrected chi connectivity index (χ3v) is 5.72. The third-order valence-electron chi connectivity index (χ3n) is 5.72. The zero-order valence-corrected chi connectivity index (χ0v) is 15.9. The number of carbonyl (C=O) groups excluding carboxylic acids is 1. The molecule has 2 aliphatic heterocycles. The Balaban J connectivity index is 1.67. The number of hydrazine groups is 1. The van der Waals surface area contributed by atoms with Crippen molar-refractivity contribution in [2.24, 2.45) is 5.92 Å². The summed E-state index contributed by atoms with van der Waals surface area (Å²) in [6.45, 7) is 11.8. The highest BCUT2D eigenvalue weighted by molar-refractivity contribution is 5.78. The molecule has 1 aromatic rings. The Bertz CT molecular complexity index is 616. The summed E-state index contributed by atoms with van der Waals surface area (Å²) in [4.78, 5) is 14.0. The molecule has 3 rings (SSSR count). The minimum atomic E-state index is 0.200. The van der Waals surface area contributed by atoms with Crippen LogP contribution in [0.4, 0.5) is 0 Å². The minimum Gasteiger partial charge on any atom is -0.352 e. The monoisotopic (exact) mass is 344 g/mol. The van der Waals surface area contributed by atoms with Crippen molar-refractivity contribution in [2.75, 3.05) is 19.6 Å². The second-order valence-corrected chi connectivity index (χ2v) is 7.96. The second-order valence-electron chi connectivity index (χ2n) is 7.96. The van der Waals surface area contributed by atoms with Gasteiger partial charge in [0.15, 0.2) is 0 Å². The Morgan fingerprint density at radius 3 is 2.64 bits per heavy atom. The number of carbonyl (C=O) groups is 1. The largest absolute Gasteiger partial charge is 0.352 e. The summed E-state index contributed by atoms with van der Waals surface area (Å²) in [5, 5.41) is 3.11. The van der Waals surface area contributed by atoms with Crippen LogP contribution < -0.4 is 16.2 Å². The molecule has 3 atom stereocenters. The van der Waals surface area contributed by atoms with Crippen LogP contribution in [-0.2, 0) is 4.79 Å². The summed E-state index contributed by atoms with van der Waals surface area (Å²) in [5.74, 6) is 0.715. The smallest absolute Gasteiger partial charge is 0.220 e.